The Morgan fingerprint density at radius 2 is 1.57 bits per heavy atom. The van der Waals surface area contributed by atoms with Crippen LogP contribution in [0, 0.1) is 0 Å². The minimum absolute atomic E-state index is 0.0984. The van der Waals surface area contributed by atoms with E-state index in [1.807, 2.05) is 0 Å². The van der Waals surface area contributed by atoms with E-state index in [0.29, 0.717) is 9.25 Å². The molecule has 3 nitrogen and oxygen atoms in total. The largest absolute Gasteiger partial charge is 0.458 e. The number of aryl methyl sites for hydroxylation is 1. The molecule has 0 aliphatic heterocycles. The highest BCUT2D eigenvalue weighted by atomic mass is 79.9. The Hall–Kier alpha value is -1.59. The Morgan fingerprint density at radius 3 is 1.96 bits per heavy atom. The Bertz CT molecular complexity index is 725. The molecule has 0 N–H and O–H groups in total. The van der Waals surface area contributed by atoms with E-state index < -0.39 is 35.2 Å². The molecule has 0 fully saturated rings. The van der Waals surface area contributed by atoms with Crippen LogP contribution in [0.5, 0.6) is 0 Å². The van der Waals surface area contributed by atoms with Gasteiger partial charge in [0.05, 0.1) is 16.2 Å². The van der Waals surface area contributed by atoms with Crippen LogP contribution in [0.3, 0.4) is 0 Å². The van der Waals surface area contributed by atoms with E-state index in [4.69, 9.17) is 0 Å². The average Bonchev–Trinajstić information content (AvgIpc) is 2.90. The number of hydrogen-bond donors (Lipinski definition) is 0. The maximum Gasteiger partial charge on any atom is 0.458 e. The summed E-state index contributed by atoms with van der Waals surface area (Å²) in [5, 5.41) is 3.50. The number of hydrogen-bond acceptors (Lipinski definition) is 1. The van der Waals surface area contributed by atoms with E-state index in [9.17, 15) is 35.1 Å². The summed E-state index contributed by atoms with van der Waals surface area (Å²) < 4.78 is 105. The summed E-state index contributed by atoms with van der Waals surface area (Å²) in [6, 6.07) is 0. The minimum Gasteiger partial charge on any atom is -0.335 e. The van der Waals surface area contributed by atoms with Gasteiger partial charge in [0, 0.05) is 19.4 Å². The lowest BCUT2D eigenvalue weighted by Gasteiger charge is -2.21. The van der Waals surface area contributed by atoms with Crippen molar-refractivity contribution in [2.24, 2.45) is 7.05 Å². The molecule has 0 radical (unpaired) electrons. The van der Waals surface area contributed by atoms with E-state index in [1.54, 1.807) is 0 Å². The van der Waals surface area contributed by atoms with Gasteiger partial charge in [-0.25, -0.2) is 4.68 Å². The first-order chi connectivity index (χ1) is 10.3. The van der Waals surface area contributed by atoms with Crippen molar-refractivity contribution in [2.45, 2.75) is 18.3 Å². The second kappa shape index (κ2) is 5.21. The number of halogens is 9. The molecule has 0 aliphatic rings. The fraction of sp³-hybridized carbons (Fsp3) is 0.364. The van der Waals surface area contributed by atoms with Crippen LogP contribution in [-0.4, -0.2) is 20.5 Å². The molecule has 0 aliphatic carbocycles. The Morgan fingerprint density at radius 1 is 1.00 bits per heavy atom. The molecule has 0 spiro atoms. The molecule has 2 rings (SSSR count). The van der Waals surface area contributed by atoms with Crippen LogP contribution in [-0.2, 0) is 19.1 Å². The summed E-state index contributed by atoms with van der Waals surface area (Å²) in [7, 11) is 0.913. The summed E-state index contributed by atoms with van der Waals surface area (Å²) in [5.74, 6) is -6.62. The molecule has 2 aromatic rings. The molecule has 0 saturated carbocycles. The molecular formula is C11H6BrF8N3. The first-order valence-electron chi connectivity index (χ1n) is 5.69. The summed E-state index contributed by atoms with van der Waals surface area (Å²) in [5.41, 5.74) is -4.28. The smallest absolute Gasteiger partial charge is 0.335 e. The van der Waals surface area contributed by atoms with Gasteiger partial charge >= 0.3 is 18.3 Å². The van der Waals surface area contributed by atoms with Crippen molar-refractivity contribution in [1.82, 2.24) is 14.3 Å². The van der Waals surface area contributed by atoms with Gasteiger partial charge < -0.3 is 4.57 Å². The topological polar surface area (TPSA) is 22.8 Å². The summed E-state index contributed by atoms with van der Waals surface area (Å²) in [6.07, 6.45) is -9.45. The number of alkyl halides is 8. The fourth-order valence-electron chi connectivity index (χ4n) is 1.98. The van der Waals surface area contributed by atoms with Crippen molar-refractivity contribution >= 4 is 15.9 Å². The monoisotopic (exact) mass is 411 g/mol. The van der Waals surface area contributed by atoms with E-state index >= 15 is 0 Å². The van der Waals surface area contributed by atoms with Gasteiger partial charge in [0.2, 0.25) is 0 Å². The lowest BCUT2D eigenvalue weighted by molar-refractivity contribution is -0.290. The van der Waals surface area contributed by atoms with Gasteiger partial charge in [0.15, 0.2) is 0 Å². The average molecular weight is 412 g/mol. The normalized spacial score (nSPS) is 13.7. The second-order valence-corrected chi connectivity index (χ2v) is 5.44. The SMILES string of the molecule is Cn1cc(C(F)(F)C(F)(F)F)c(C(F)(F)F)c1-n1cc(Br)cn1. The van der Waals surface area contributed by atoms with Crippen LogP contribution < -0.4 is 0 Å². The second-order valence-electron chi connectivity index (χ2n) is 4.53. The van der Waals surface area contributed by atoms with Crippen LogP contribution in [0.4, 0.5) is 35.1 Å². The predicted molar refractivity (Wildman–Crippen MR) is 65.2 cm³/mol. The van der Waals surface area contributed by atoms with Crippen LogP contribution >= 0.6 is 15.9 Å². The van der Waals surface area contributed by atoms with Crippen LogP contribution in [0.15, 0.2) is 23.1 Å². The minimum atomic E-state index is -6.17. The van der Waals surface area contributed by atoms with Crippen LogP contribution in [0.1, 0.15) is 11.1 Å². The lowest BCUT2D eigenvalue weighted by Crippen LogP contribution is -2.35. The van der Waals surface area contributed by atoms with Gasteiger partial charge in [-0.3, -0.25) is 0 Å². The van der Waals surface area contributed by atoms with Gasteiger partial charge in [-0.1, -0.05) is 0 Å². The van der Waals surface area contributed by atoms with Gasteiger partial charge in [-0.05, 0) is 15.9 Å². The molecule has 2 heterocycles. The highest BCUT2D eigenvalue weighted by Crippen LogP contribution is 2.50. The number of rotatable bonds is 2. The molecule has 0 atom stereocenters. The fourth-order valence-corrected chi connectivity index (χ4v) is 2.26. The van der Waals surface area contributed by atoms with E-state index in [0.717, 1.165) is 19.4 Å². The van der Waals surface area contributed by atoms with Crippen LogP contribution in [0.25, 0.3) is 5.82 Å². The van der Waals surface area contributed by atoms with Gasteiger partial charge in [-0.15, -0.1) is 0 Å². The summed E-state index contributed by atoms with van der Waals surface area (Å²) >= 11 is 2.91. The zero-order valence-electron chi connectivity index (χ0n) is 11.0. The van der Waals surface area contributed by atoms with Crippen molar-refractivity contribution in [3.05, 3.63) is 34.2 Å². The molecule has 0 amide bonds. The summed E-state index contributed by atoms with van der Waals surface area (Å²) in [4.78, 5) is 0. The molecule has 12 heteroatoms. The Balaban J connectivity index is 2.82. The molecule has 0 unspecified atom stereocenters. The van der Waals surface area contributed by atoms with Crippen molar-refractivity contribution in [2.75, 3.05) is 0 Å². The van der Waals surface area contributed by atoms with Crippen molar-refractivity contribution < 1.29 is 35.1 Å². The molecule has 0 saturated heterocycles. The molecule has 0 aromatic carbocycles. The molecule has 128 valence electrons. The molecular weight excluding hydrogens is 406 g/mol. The molecule has 2 aromatic heterocycles. The number of aromatic nitrogens is 3. The predicted octanol–water partition coefficient (Wildman–Crippen LogP) is 4.65. The summed E-state index contributed by atoms with van der Waals surface area (Å²) in [6.45, 7) is 0. The quantitative estimate of drug-likeness (QED) is 0.659. The van der Waals surface area contributed by atoms with Gasteiger partial charge in [-0.2, -0.15) is 40.2 Å². The highest BCUT2D eigenvalue weighted by molar-refractivity contribution is 9.10. The highest BCUT2D eigenvalue weighted by Gasteiger charge is 2.62. The lowest BCUT2D eigenvalue weighted by atomic mass is 10.1. The first kappa shape index (κ1) is 17.8. The number of nitrogens with zero attached hydrogens (tertiary/aromatic N) is 3. The molecule has 23 heavy (non-hydrogen) atoms. The zero-order valence-corrected chi connectivity index (χ0v) is 12.6. The third kappa shape index (κ3) is 2.95. The van der Waals surface area contributed by atoms with E-state index in [-0.39, 0.29) is 10.7 Å². The van der Waals surface area contributed by atoms with Gasteiger partial charge in [0.25, 0.3) is 0 Å². The first-order valence-corrected chi connectivity index (χ1v) is 6.48. The third-order valence-corrected chi connectivity index (χ3v) is 3.31. The van der Waals surface area contributed by atoms with E-state index in [1.165, 1.54) is 0 Å². The maximum atomic E-state index is 13.5. The van der Waals surface area contributed by atoms with Crippen molar-refractivity contribution in [1.29, 1.82) is 0 Å². The van der Waals surface area contributed by atoms with E-state index in [2.05, 4.69) is 21.0 Å². The van der Waals surface area contributed by atoms with Crippen molar-refractivity contribution in [3.8, 4) is 5.82 Å². The standard InChI is InChI=1S/C11H6BrF8N3/c1-22-4-6(9(13,14)11(18,19)20)7(10(15,16)17)8(22)23-3-5(12)2-21-23/h2-4H,1H3. The third-order valence-electron chi connectivity index (χ3n) is 2.90. The van der Waals surface area contributed by atoms with Crippen molar-refractivity contribution in [3.63, 3.8) is 0 Å². The Labute approximate surface area is 131 Å². The molecule has 0 bridgehead atoms. The van der Waals surface area contributed by atoms with Crippen LogP contribution in [0.2, 0.25) is 0 Å². The Kier molecular flexibility index (Phi) is 4.02. The zero-order chi connectivity index (χ0) is 17.8. The van der Waals surface area contributed by atoms with Gasteiger partial charge in [0.1, 0.15) is 11.4 Å². The maximum absolute atomic E-state index is 13.5.